The molecule has 0 radical (unpaired) electrons. The van der Waals surface area contributed by atoms with Crippen LogP contribution in [0.2, 0.25) is 0 Å². The summed E-state index contributed by atoms with van der Waals surface area (Å²) in [7, 11) is -5.00. The molecule has 144 valence electrons. The van der Waals surface area contributed by atoms with Gasteiger partial charge in [-0.2, -0.15) is 17.2 Å². The van der Waals surface area contributed by atoms with Crippen molar-refractivity contribution in [1.82, 2.24) is 0 Å². The molecule has 0 aromatic heterocycles. The van der Waals surface area contributed by atoms with E-state index in [1.807, 2.05) is 53.7 Å². The summed E-state index contributed by atoms with van der Waals surface area (Å²) in [6.07, 6.45) is 0. The SMILES string of the molecule is CC(C)(C)c1cc(C(C)(C)C)c(OS(=O)(=O)C(F)F)c(C(C)(C)C)c1. The maximum atomic E-state index is 12.9. The Bertz CT molecular complexity index is 696. The van der Waals surface area contributed by atoms with Crippen LogP contribution in [-0.4, -0.2) is 14.2 Å². The summed E-state index contributed by atoms with van der Waals surface area (Å²) in [5, 5.41) is 0. The van der Waals surface area contributed by atoms with Crippen LogP contribution in [0.4, 0.5) is 8.78 Å². The molecule has 0 amide bonds. The molecular weight excluding hydrogens is 346 g/mol. The zero-order valence-corrected chi connectivity index (χ0v) is 17.4. The molecule has 1 rings (SSSR count). The summed E-state index contributed by atoms with van der Waals surface area (Å²) >= 11 is 0. The maximum Gasteiger partial charge on any atom is 0.372 e. The number of alkyl halides is 2. The van der Waals surface area contributed by atoms with Crippen molar-refractivity contribution in [3.8, 4) is 5.75 Å². The van der Waals surface area contributed by atoms with Gasteiger partial charge in [-0.05, 0) is 21.8 Å². The zero-order valence-electron chi connectivity index (χ0n) is 16.6. The van der Waals surface area contributed by atoms with Gasteiger partial charge in [0, 0.05) is 11.1 Å². The number of benzene rings is 1. The van der Waals surface area contributed by atoms with Crippen molar-refractivity contribution in [2.75, 3.05) is 0 Å². The Balaban J connectivity index is 3.89. The molecule has 0 heterocycles. The molecular formula is C19H30F2O3S. The van der Waals surface area contributed by atoms with E-state index in [1.165, 1.54) is 0 Å². The number of halogens is 2. The summed E-state index contributed by atoms with van der Waals surface area (Å²) in [5.41, 5.74) is 1.08. The monoisotopic (exact) mass is 376 g/mol. The van der Waals surface area contributed by atoms with Crippen LogP contribution in [0.25, 0.3) is 0 Å². The minimum Gasteiger partial charge on any atom is -0.378 e. The van der Waals surface area contributed by atoms with Gasteiger partial charge >= 0.3 is 15.9 Å². The van der Waals surface area contributed by atoms with Gasteiger partial charge in [0.05, 0.1) is 0 Å². The molecule has 0 aliphatic carbocycles. The van der Waals surface area contributed by atoms with E-state index in [-0.39, 0.29) is 11.2 Å². The van der Waals surface area contributed by atoms with Gasteiger partial charge in [-0.15, -0.1) is 0 Å². The quantitative estimate of drug-likeness (QED) is 0.653. The van der Waals surface area contributed by atoms with Crippen molar-refractivity contribution >= 4 is 10.1 Å². The van der Waals surface area contributed by atoms with Gasteiger partial charge in [-0.3, -0.25) is 0 Å². The second-order valence-corrected chi connectivity index (χ2v) is 11.0. The van der Waals surface area contributed by atoms with Gasteiger partial charge in [-0.1, -0.05) is 74.4 Å². The van der Waals surface area contributed by atoms with Gasteiger partial charge in [-0.25, -0.2) is 0 Å². The van der Waals surface area contributed by atoms with E-state index < -0.39 is 26.7 Å². The minimum atomic E-state index is -5.00. The molecule has 3 nitrogen and oxygen atoms in total. The molecule has 0 saturated carbocycles. The lowest BCUT2D eigenvalue weighted by Gasteiger charge is -2.32. The predicted octanol–water partition coefficient (Wildman–Crippen LogP) is 5.51. The largest absolute Gasteiger partial charge is 0.378 e. The number of hydrogen-bond donors (Lipinski definition) is 0. The Morgan fingerprint density at radius 3 is 1.40 bits per heavy atom. The Kier molecular flexibility index (Phi) is 5.71. The highest BCUT2D eigenvalue weighted by Crippen LogP contribution is 2.43. The third-order valence-electron chi connectivity index (χ3n) is 3.99. The molecule has 6 heteroatoms. The molecule has 0 atom stereocenters. The first-order valence-corrected chi connectivity index (χ1v) is 9.75. The molecule has 25 heavy (non-hydrogen) atoms. The number of hydrogen-bond acceptors (Lipinski definition) is 3. The van der Waals surface area contributed by atoms with Crippen LogP contribution in [0.1, 0.15) is 79.0 Å². The molecule has 0 fully saturated rings. The lowest BCUT2D eigenvalue weighted by atomic mass is 9.75. The summed E-state index contributed by atoms with van der Waals surface area (Å²) in [4.78, 5) is 0. The Morgan fingerprint density at radius 1 is 0.800 bits per heavy atom. The maximum absolute atomic E-state index is 12.9. The van der Waals surface area contributed by atoms with Crippen molar-refractivity contribution in [2.24, 2.45) is 0 Å². The van der Waals surface area contributed by atoms with Crippen LogP contribution < -0.4 is 4.18 Å². The lowest BCUT2D eigenvalue weighted by molar-refractivity contribution is 0.219. The summed E-state index contributed by atoms with van der Waals surface area (Å²) in [6.45, 7) is 17.6. The third kappa shape index (κ3) is 5.16. The topological polar surface area (TPSA) is 43.4 Å². The molecule has 1 aromatic carbocycles. The van der Waals surface area contributed by atoms with Gasteiger partial charge in [0.1, 0.15) is 5.75 Å². The van der Waals surface area contributed by atoms with Crippen LogP contribution in [0.15, 0.2) is 12.1 Å². The fraction of sp³-hybridized carbons (Fsp3) is 0.684. The second kappa shape index (κ2) is 6.53. The molecule has 1 aromatic rings. The Hall–Kier alpha value is -1.17. The van der Waals surface area contributed by atoms with Crippen LogP contribution in [0.3, 0.4) is 0 Å². The van der Waals surface area contributed by atoms with E-state index in [1.54, 1.807) is 0 Å². The third-order valence-corrected chi connectivity index (χ3v) is 4.82. The second-order valence-electron chi connectivity index (χ2n) is 9.49. The average Bonchev–Trinajstić information content (AvgIpc) is 2.33. The van der Waals surface area contributed by atoms with Gasteiger partial charge < -0.3 is 4.18 Å². The highest BCUT2D eigenvalue weighted by Gasteiger charge is 2.35. The minimum absolute atomic E-state index is 0.0216. The molecule has 0 unspecified atom stereocenters. The van der Waals surface area contributed by atoms with Crippen LogP contribution in [0.5, 0.6) is 5.75 Å². The predicted molar refractivity (Wildman–Crippen MR) is 98.1 cm³/mol. The fourth-order valence-electron chi connectivity index (χ4n) is 2.42. The van der Waals surface area contributed by atoms with E-state index in [0.717, 1.165) is 5.56 Å². The van der Waals surface area contributed by atoms with Crippen LogP contribution >= 0.6 is 0 Å². The summed E-state index contributed by atoms with van der Waals surface area (Å²) < 4.78 is 54.3. The Morgan fingerprint density at radius 2 is 1.16 bits per heavy atom. The molecule has 0 aliphatic rings. The molecule has 0 bridgehead atoms. The molecule has 0 saturated heterocycles. The van der Waals surface area contributed by atoms with E-state index in [4.69, 9.17) is 4.18 Å². The first kappa shape index (κ1) is 21.9. The standard InChI is InChI=1S/C19H30F2O3S/c1-17(2,3)12-10-13(18(4,5)6)15(14(11-12)19(7,8)9)24-25(22,23)16(20)21/h10-11,16H,1-9H3. The van der Waals surface area contributed by atoms with Crippen LogP contribution in [0, 0.1) is 0 Å². The highest BCUT2D eigenvalue weighted by atomic mass is 32.2. The fourth-order valence-corrected chi connectivity index (χ4v) is 2.90. The molecule has 0 aliphatic heterocycles. The van der Waals surface area contributed by atoms with Crippen molar-refractivity contribution in [3.05, 3.63) is 28.8 Å². The van der Waals surface area contributed by atoms with Gasteiger partial charge in [0.25, 0.3) is 0 Å². The van der Waals surface area contributed by atoms with Crippen molar-refractivity contribution in [1.29, 1.82) is 0 Å². The van der Waals surface area contributed by atoms with E-state index >= 15 is 0 Å². The van der Waals surface area contributed by atoms with E-state index in [9.17, 15) is 17.2 Å². The van der Waals surface area contributed by atoms with E-state index in [0.29, 0.717) is 11.1 Å². The summed E-state index contributed by atoms with van der Waals surface area (Å²) in [5.74, 6) is -3.57. The average molecular weight is 377 g/mol. The first-order chi connectivity index (χ1) is 10.9. The molecule has 0 N–H and O–H groups in total. The number of rotatable bonds is 3. The van der Waals surface area contributed by atoms with Gasteiger partial charge in [0.2, 0.25) is 0 Å². The van der Waals surface area contributed by atoms with Crippen molar-refractivity contribution in [2.45, 2.75) is 84.3 Å². The zero-order chi connectivity index (χ0) is 20.0. The summed E-state index contributed by atoms with van der Waals surface area (Å²) in [6, 6.07) is 3.73. The van der Waals surface area contributed by atoms with Gasteiger partial charge in [0.15, 0.2) is 0 Å². The van der Waals surface area contributed by atoms with E-state index in [2.05, 4.69) is 20.8 Å². The lowest BCUT2D eigenvalue weighted by Crippen LogP contribution is -2.26. The Labute approximate surface area is 150 Å². The smallest absolute Gasteiger partial charge is 0.372 e. The first-order valence-electron chi connectivity index (χ1n) is 8.28. The highest BCUT2D eigenvalue weighted by molar-refractivity contribution is 7.87. The normalized spacial score (nSPS) is 14.1. The van der Waals surface area contributed by atoms with Crippen LogP contribution in [-0.2, 0) is 26.4 Å². The molecule has 0 spiro atoms. The van der Waals surface area contributed by atoms with Crippen molar-refractivity contribution < 1.29 is 21.4 Å². The van der Waals surface area contributed by atoms with Crippen molar-refractivity contribution in [3.63, 3.8) is 0 Å².